The normalized spacial score (nSPS) is 17.0. The molecule has 0 atom stereocenters. The van der Waals surface area contributed by atoms with E-state index in [-0.39, 0.29) is 28.6 Å². The van der Waals surface area contributed by atoms with Gasteiger partial charge in [0, 0.05) is 35.1 Å². The highest BCUT2D eigenvalue weighted by Gasteiger charge is 2.32. The highest BCUT2D eigenvalue weighted by atomic mass is 16.5. The van der Waals surface area contributed by atoms with Crippen molar-refractivity contribution in [2.75, 3.05) is 13.1 Å². The zero-order valence-corrected chi connectivity index (χ0v) is 19.9. The average molecular weight is 481 g/mol. The zero-order chi connectivity index (χ0) is 24.6. The van der Waals surface area contributed by atoms with Crippen LogP contribution in [-0.2, 0) is 6.54 Å². The Kier molecular flexibility index (Phi) is 5.74. The van der Waals surface area contributed by atoms with Crippen LogP contribution in [0, 0.1) is 5.92 Å². The van der Waals surface area contributed by atoms with Gasteiger partial charge in [-0.05, 0) is 56.0 Å². The quantitative estimate of drug-likeness (QED) is 0.318. The summed E-state index contributed by atoms with van der Waals surface area (Å²) in [6.45, 7) is 3.02. The molecule has 0 amide bonds. The number of carbonyl (C=O) groups excluding carboxylic acids is 1. The number of nitrogens with zero attached hydrogens (tertiary/aromatic N) is 1. The fourth-order valence-electron chi connectivity index (χ4n) is 5.51. The largest absolute Gasteiger partial charge is 0.508 e. The summed E-state index contributed by atoms with van der Waals surface area (Å²) in [5, 5.41) is 24.6. The predicted molar refractivity (Wildman–Crippen MR) is 140 cm³/mol. The number of para-hydroxylation sites is 1. The van der Waals surface area contributed by atoms with E-state index in [0.717, 1.165) is 59.8 Å². The van der Waals surface area contributed by atoms with E-state index in [4.69, 9.17) is 4.74 Å². The molecule has 182 valence electrons. The van der Waals surface area contributed by atoms with Crippen LogP contribution in [-0.4, -0.2) is 33.7 Å². The Morgan fingerprint density at radius 2 is 1.75 bits per heavy atom. The van der Waals surface area contributed by atoms with Gasteiger partial charge in [0.15, 0.2) is 5.76 Å². The van der Waals surface area contributed by atoms with Crippen molar-refractivity contribution in [1.82, 2.24) is 9.88 Å². The molecule has 3 aromatic carbocycles. The van der Waals surface area contributed by atoms with Gasteiger partial charge >= 0.3 is 0 Å². The maximum atomic E-state index is 13.2. The lowest BCUT2D eigenvalue weighted by Gasteiger charge is -2.23. The number of carbonyl (C=O) groups is 1. The summed E-state index contributed by atoms with van der Waals surface area (Å²) in [4.78, 5) is 13.2. The molecule has 0 unspecified atom stereocenters. The van der Waals surface area contributed by atoms with Gasteiger partial charge in [-0.2, -0.15) is 0 Å². The first-order valence-electron chi connectivity index (χ1n) is 12.5. The number of nitrogens with one attached hydrogen (secondary N) is 1. The van der Waals surface area contributed by atoms with Crippen LogP contribution in [0.15, 0.2) is 72.5 Å². The minimum Gasteiger partial charge on any atom is -0.508 e. The molecule has 1 aromatic heterocycles. The van der Waals surface area contributed by atoms with Gasteiger partial charge in [-0.15, -0.1) is 0 Å². The van der Waals surface area contributed by atoms with Crippen LogP contribution in [0.3, 0.4) is 0 Å². The van der Waals surface area contributed by atoms with Crippen LogP contribution in [0.5, 0.6) is 17.2 Å². The van der Waals surface area contributed by atoms with Crippen molar-refractivity contribution in [3.63, 3.8) is 0 Å². The molecule has 6 heteroatoms. The number of ketones is 1. The van der Waals surface area contributed by atoms with E-state index in [0.29, 0.717) is 5.92 Å². The average Bonchev–Trinajstić information content (AvgIpc) is 3.38. The first-order valence-corrected chi connectivity index (χ1v) is 12.5. The first-order chi connectivity index (χ1) is 17.6. The minimum absolute atomic E-state index is 0.0787. The highest BCUT2D eigenvalue weighted by Crippen LogP contribution is 2.42. The van der Waals surface area contributed by atoms with Gasteiger partial charge in [0.25, 0.3) is 0 Å². The number of aromatic nitrogens is 1. The molecule has 2 aliphatic rings. The Labute approximate surface area is 209 Å². The van der Waals surface area contributed by atoms with Gasteiger partial charge in [0.2, 0.25) is 5.78 Å². The molecule has 36 heavy (non-hydrogen) atoms. The summed E-state index contributed by atoms with van der Waals surface area (Å²) in [5.41, 5.74) is 4.20. The van der Waals surface area contributed by atoms with E-state index in [2.05, 4.69) is 34.1 Å². The fourth-order valence-corrected chi connectivity index (χ4v) is 5.51. The van der Waals surface area contributed by atoms with Crippen LogP contribution in [0.1, 0.15) is 35.2 Å². The lowest BCUT2D eigenvalue weighted by molar-refractivity contribution is 0.101. The van der Waals surface area contributed by atoms with E-state index < -0.39 is 5.78 Å². The molecular weight excluding hydrogens is 452 g/mol. The lowest BCUT2D eigenvalue weighted by atomic mass is 9.94. The van der Waals surface area contributed by atoms with Crippen molar-refractivity contribution in [1.29, 1.82) is 0 Å². The molecule has 1 fully saturated rings. The SMILES string of the molecule is O=C1/C(=C/c2c(-c3ccccc3)n(CCC3CCNCC3)c3ccccc23)Oc2cc(O)cc(O)c21. The molecule has 1 saturated heterocycles. The number of allylic oxidation sites excluding steroid dienone is 1. The van der Waals surface area contributed by atoms with Gasteiger partial charge in [-0.25, -0.2) is 0 Å². The molecule has 6 rings (SSSR count). The molecule has 0 bridgehead atoms. The second-order valence-electron chi connectivity index (χ2n) is 9.56. The second-order valence-corrected chi connectivity index (χ2v) is 9.56. The zero-order valence-electron chi connectivity index (χ0n) is 19.9. The molecule has 0 radical (unpaired) electrons. The third-order valence-corrected chi connectivity index (χ3v) is 7.29. The van der Waals surface area contributed by atoms with E-state index in [9.17, 15) is 15.0 Å². The predicted octanol–water partition coefficient (Wildman–Crippen LogP) is 5.73. The summed E-state index contributed by atoms with van der Waals surface area (Å²) in [5.74, 6) is 0.144. The molecule has 4 aromatic rings. The molecule has 0 aliphatic carbocycles. The van der Waals surface area contributed by atoms with Crippen LogP contribution < -0.4 is 10.1 Å². The smallest absolute Gasteiger partial charge is 0.235 e. The second kappa shape index (κ2) is 9.21. The molecule has 0 spiro atoms. The van der Waals surface area contributed by atoms with Gasteiger partial charge < -0.3 is 24.8 Å². The van der Waals surface area contributed by atoms with Crippen LogP contribution in [0.25, 0.3) is 28.2 Å². The summed E-state index contributed by atoms with van der Waals surface area (Å²) >= 11 is 0. The Balaban J connectivity index is 1.49. The van der Waals surface area contributed by atoms with Crippen molar-refractivity contribution < 1.29 is 19.7 Å². The molecule has 0 saturated carbocycles. The number of hydrogen-bond donors (Lipinski definition) is 3. The van der Waals surface area contributed by atoms with Crippen molar-refractivity contribution >= 4 is 22.8 Å². The third-order valence-electron chi connectivity index (χ3n) is 7.29. The summed E-state index contributed by atoms with van der Waals surface area (Å²) in [7, 11) is 0. The van der Waals surface area contributed by atoms with Crippen LogP contribution in [0.2, 0.25) is 0 Å². The van der Waals surface area contributed by atoms with Crippen molar-refractivity contribution in [3.05, 3.63) is 83.6 Å². The molecule has 2 aliphatic heterocycles. The number of phenolic OH excluding ortho intramolecular Hbond substituents is 2. The van der Waals surface area contributed by atoms with Crippen molar-refractivity contribution in [2.45, 2.75) is 25.8 Å². The van der Waals surface area contributed by atoms with Gasteiger partial charge in [0.05, 0.1) is 5.69 Å². The summed E-state index contributed by atoms with van der Waals surface area (Å²) < 4.78 is 8.23. The number of Topliss-reactive ketones (excluding diaryl/α,β-unsaturated/α-hetero) is 1. The lowest BCUT2D eigenvalue weighted by Crippen LogP contribution is -2.28. The van der Waals surface area contributed by atoms with Gasteiger partial charge in [0.1, 0.15) is 22.8 Å². The standard InChI is InChI=1S/C30H28N2O4/c33-21-16-25(34)28-26(17-21)36-27(30(28)35)18-23-22-8-4-5-9-24(22)32(15-12-19-10-13-31-14-11-19)29(23)20-6-2-1-3-7-20/h1-9,16-19,31,33-34H,10-15H2/b27-18-. The van der Waals surface area contributed by atoms with Crippen molar-refractivity contribution in [3.8, 4) is 28.5 Å². The molecule has 6 nitrogen and oxygen atoms in total. The fraction of sp³-hybridized carbons (Fsp3) is 0.233. The van der Waals surface area contributed by atoms with Gasteiger partial charge in [-0.3, -0.25) is 4.79 Å². The van der Waals surface area contributed by atoms with E-state index >= 15 is 0 Å². The monoisotopic (exact) mass is 480 g/mol. The number of ether oxygens (including phenoxy) is 1. The number of benzene rings is 3. The number of rotatable bonds is 5. The minimum atomic E-state index is -0.395. The summed E-state index contributed by atoms with van der Waals surface area (Å²) in [6, 6.07) is 21.0. The topological polar surface area (TPSA) is 83.7 Å². The number of phenols is 2. The molecular formula is C30H28N2O4. The summed E-state index contributed by atoms with van der Waals surface area (Å²) in [6.07, 6.45) is 5.25. The van der Waals surface area contributed by atoms with E-state index in [1.54, 1.807) is 6.08 Å². The Hall–Kier alpha value is -4.03. The Morgan fingerprint density at radius 3 is 2.56 bits per heavy atom. The molecule has 3 N–H and O–H groups in total. The van der Waals surface area contributed by atoms with Crippen molar-refractivity contribution in [2.24, 2.45) is 5.92 Å². The Morgan fingerprint density at radius 1 is 1.00 bits per heavy atom. The third kappa shape index (κ3) is 3.93. The van der Waals surface area contributed by atoms with E-state index in [1.165, 1.54) is 18.9 Å². The van der Waals surface area contributed by atoms with Gasteiger partial charge in [-0.1, -0.05) is 48.5 Å². The van der Waals surface area contributed by atoms with E-state index in [1.807, 2.05) is 30.3 Å². The maximum absolute atomic E-state index is 13.2. The number of piperidine rings is 1. The maximum Gasteiger partial charge on any atom is 0.235 e. The number of aryl methyl sites for hydroxylation is 1. The highest BCUT2D eigenvalue weighted by molar-refractivity contribution is 6.17. The number of hydrogen-bond acceptors (Lipinski definition) is 5. The number of aromatic hydroxyl groups is 2. The van der Waals surface area contributed by atoms with Crippen LogP contribution >= 0.6 is 0 Å². The number of fused-ring (bicyclic) bond motifs is 2. The van der Waals surface area contributed by atoms with Crippen LogP contribution in [0.4, 0.5) is 0 Å². The first kappa shape index (κ1) is 22.4. The molecule has 3 heterocycles. The Bertz CT molecular complexity index is 1480.